The second-order valence-corrected chi connectivity index (χ2v) is 5.05. The van der Waals surface area contributed by atoms with Crippen LogP contribution in [0.2, 0.25) is 0 Å². The lowest BCUT2D eigenvalue weighted by atomic mass is 9.99. The number of hydrogen-bond donors (Lipinski definition) is 1. The molecule has 0 amide bonds. The van der Waals surface area contributed by atoms with E-state index in [9.17, 15) is 0 Å². The molecule has 0 rings (SSSR count). The Morgan fingerprint density at radius 2 is 2.00 bits per heavy atom. The van der Waals surface area contributed by atoms with Crippen LogP contribution in [-0.2, 0) is 0 Å². The number of thioether (sulfide) groups is 1. The molecule has 0 aromatic heterocycles. The highest BCUT2D eigenvalue weighted by atomic mass is 32.2. The summed E-state index contributed by atoms with van der Waals surface area (Å²) in [5, 5.41) is 0. The summed E-state index contributed by atoms with van der Waals surface area (Å²) < 4.78 is 0. The van der Waals surface area contributed by atoms with Crippen LogP contribution in [-0.4, -0.2) is 17.5 Å². The molecule has 0 aromatic rings. The molecule has 74 valence electrons. The molecular formula is C10H23NS. The maximum absolute atomic E-state index is 5.72. The Morgan fingerprint density at radius 3 is 2.50 bits per heavy atom. The minimum absolute atomic E-state index is 0.374. The first-order valence-electron chi connectivity index (χ1n) is 5.00. The first kappa shape index (κ1) is 12.3. The highest BCUT2D eigenvalue weighted by Crippen LogP contribution is 2.14. The lowest BCUT2D eigenvalue weighted by Gasteiger charge is -2.13. The second kappa shape index (κ2) is 7.93. The van der Waals surface area contributed by atoms with E-state index in [0.29, 0.717) is 6.04 Å². The van der Waals surface area contributed by atoms with Crippen molar-refractivity contribution in [3.05, 3.63) is 0 Å². The predicted molar refractivity (Wildman–Crippen MR) is 59.7 cm³/mol. The van der Waals surface area contributed by atoms with Crippen LogP contribution >= 0.6 is 11.8 Å². The highest BCUT2D eigenvalue weighted by molar-refractivity contribution is 7.99. The average molecular weight is 189 g/mol. The zero-order chi connectivity index (χ0) is 9.40. The van der Waals surface area contributed by atoms with Gasteiger partial charge in [-0.15, -0.1) is 0 Å². The van der Waals surface area contributed by atoms with Crippen molar-refractivity contribution >= 4 is 11.8 Å². The largest absolute Gasteiger partial charge is 0.328 e. The third-order valence-corrected chi connectivity index (χ3v) is 2.95. The lowest BCUT2D eigenvalue weighted by molar-refractivity contribution is 0.449. The van der Waals surface area contributed by atoms with E-state index in [0.717, 1.165) is 5.92 Å². The van der Waals surface area contributed by atoms with Crippen molar-refractivity contribution in [2.75, 3.05) is 11.5 Å². The van der Waals surface area contributed by atoms with Gasteiger partial charge < -0.3 is 5.73 Å². The normalized spacial score (nSPS) is 16.0. The molecule has 0 radical (unpaired) electrons. The average Bonchev–Trinajstić information content (AvgIpc) is 1.97. The molecule has 2 unspecified atom stereocenters. The van der Waals surface area contributed by atoms with Crippen LogP contribution < -0.4 is 5.73 Å². The number of rotatable bonds is 7. The van der Waals surface area contributed by atoms with E-state index in [4.69, 9.17) is 5.73 Å². The van der Waals surface area contributed by atoms with Crippen LogP contribution in [0.3, 0.4) is 0 Å². The molecular weight excluding hydrogens is 166 g/mol. The smallest absolute Gasteiger partial charge is 0.00130 e. The van der Waals surface area contributed by atoms with E-state index in [1.54, 1.807) is 0 Å². The van der Waals surface area contributed by atoms with Gasteiger partial charge in [-0.1, -0.05) is 13.8 Å². The summed E-state index contributed by atoms with van der Waals surface area (Å²) in [6.07, 6.45) is 3.87. The molecule has 0 saturated carbocycles. The van der Waals surface area contributed by atoms with Gasteiger partial charge in [-0.3, -0.25) is 0 Å². The molecule has 2 heteroatoms. The van der Waals surface area contributed by atoms with Crippen molar-refractivity contribution in [2.24, 2.45) is 11.7 Å². The van der Waals surface area contributed by atoms with Crippen LogP contribution in [0, 0.1) is 5.92 Å². The Kier molecular flexibility index (Phi) is 8.14. The molecule has 0 aromatic carbocycles. The van der Waals surface area contributed by atoms with E-state index in [1.165, 1.54) is 30.8 Å². The van der Waals surface area contributed by atoms with Crippen molar-refractivity contribution in [3.63, 3.8) is 0 Å². The van der Waals surface area contributed by atoms with Crippen molar-refractivity contribution in [2.45, 2.75) is 46.1 Å². The van der Waals surface area contributed by atoms with E-state index in [1.807, 2.05) is 11.8 Å². The molecule has 0 aliphatic rings. The molecule has 0 fully saturated rings. The Morgan fingerprint density at radius 1 is 1.33 bits per heavy atom. The number of nitrogens with two attached hydrogens (primary N) is 1. The molecule has 2 atom stereocenters. The maximum atomic E-state index is 5.72. The third-order valence-electron chi connectivity index (χ3n) is 1.96. The van der Waals surface area contributed by atoms with Crippen LogP contribution in [0.4, 0.5) is 0 Å². The fourth-order valence-corrected chi connectivity index (χ4v) is 2.09. The van der Waals surface area contributed by atoms with Gasteiger partial charge in [-0.25, -0.2) is 0 Å². The van der Waals surface area contributed by atoms with Gasteiger partial charge in [0.15, 0.2) is 0 Å². The van der Waals surface area contributed by atoms with Crippen LogP contribution in [0.25, 0.3) is 0 Å². The summed E-state index contributed by atoms with van der Waals surface area (Å²) >= 11 is 2.04. The SMILES string of the molecule is CCSCCCC(C)CC(C)N. The van der Waals surface area contributed by atoms with Crippen LogP contribution in [0.5, 0.6) is 0 Å². The summed E-state index contributed by atoms with van der Waals surface area (Å²) in [5.74, 6) is 3.38. The number of hydrogen-bond acceptors (Lipinski definition) is 2. The molecule has 0 spiro atoms. The van der Waals surface area contributed by atoms with E-state index < -0.39 is 0 Å². The molecule has 0 aliphatic heterocycles. The molecule has 2 N–H and O–H groups in total. The second-order valence-electron chi connectivity index (χ2n) is 3.66. The van der Waals surface area contributed by atoms with Crippen molar-refractivity contribution in [1.29, 1.82) is 0 Å². The first-order chi connectivity index (χ1) is 5.66. The van der Waals surface area contributed by atoms with Crippen molar-refractivity contribution in [3.8, 4) is 0 Å². The van der Waals surface area contributed by atoms with Crippen LogP contribution in [0.1, 0.15) is 40.0 Å². The topological polar surface area (TPSA) is 26.0 Å². The summed E-state index contributed by atoms with van der Waals surface area (Å²) in [7, 11) is 0. The van der Waals surface area contributed by atoms with Gasteiger partial charge in [0.05, 0.1) is 0 Å². The Labute approximate surface area is 81.5 Å². The van der Waals surface area contributed by atoms with Gasteiger partial charge in [0.2, 0.25) is 0 Å². The lowest BCUT2D eigenvalue weighted by Crippen LogP contribution is -2.18. The van der Waals surface area contributed by atoms with Crippen molar-refractivity contribution < 1.29 is 0 Å². The van der Waals surface area contributed by atoms with Crippen LogP contribution in [0.15, 0.2) is 0 Å². The van der Waals surface area contributed by atoms with Gasteiger partial charge in [0.25, 0.3) is 0 Å². The molecule has 1 nitrogen and oxygen atoms in total. The quantitative estimate of drug-likeness (QED) is 0.623. The van der Waals surface area contributed by atoms with E-state index in [-0.39, 0.29) is 0 Å². The summed E-state index contributed by atoms with van der Waals surface area (Å²) in [6.45, 7) is 6.62. The Hall–Kier alpha value is 0.310. The Balaban J connectivity index is 3.14. The summed E-state index contributed by atoms with van der Waals surface area (Å²) in [5.41, 5.74) is 5.72. The monoisotopic (exact) mass is 189 g/mol. The zero-order valence-electron chi connectivity index (χ0n) is 8.68. The molecule has 0 bridgehead atoms. The molecule has 12 heavy (non-hydrogen) atoms. The van der Waals surface area contributed by atoms with Gasteiger partial charge in [-0.2, -0.15) is 11.8 Å². The predicted octanol–water partition coefficient (Wildman–Crippen LogP) is 2.89. The van der Waals surface area contributed by atoms with Gasteiger partial charge >= 0.3 is 0 Å². The summed E-state index contributed by atoms with van der Waals surface area (Å²) in [6, 6.07) is 0.374. The van der Waals surface area contributed by atoms with Gasteiger partial charge in [0, 0.05) is 6.04 Å². The highest BCUT2D eigenvalue weighted by Gasteiger charge is 2.04. The maximum Gasteiger partial charge on any atom is 0.00130 e. The standard InChI is InChI=1S/C10H23NS/c1-4-12-7-5-6-9(2)8-10(3)11/h9-10H,4-8,11H2,1-3H3. The fraction of sp³-hybridized carbons (Fsp3) is 1.00. The van der Waals surface area contributed by atoms with E-state index >= 15 is 0 Å². The third kappa shape index (κ3) is 8.41. The molecule has 0 saturated heterocycles. The minimum atomic E-state index is 0.374. The Bertz CT molecular complexity index is 93.8. The zero-order valence-corrected chi connectivity index (χ0v) is 9.49. The van der Waals surface area contributed by atoms with E-state index in [2.05, 4.69) is 20.8 Å². The summed E-state index contributed by atoms with van der Waals surface area (Å²) in [4.78, 5) is 0. The fourth-order valence-electron chi connectivity index (χ4n) is 1.43. The molecule has 0 heterocycles. The van der Waals surface area contributed by atoms with Crippen molar-refractivity contribution in [1.82, 2.24) is 0 Å². The minimum Gasteiger partial charge on any atom is -0.328 e. The first-order valence-corrected chi connectivity index (χ1v) is 6.15. The molecule has 0 aliphatic carbocycles. The van der Waals surface area contributed by atoms with Gasteiger partial charge in [0.1, 0.15) is 0 Å². The van der Waals surface area contributed by atoms with Gasteiger partial charge in [-0.05, 0) is 43.6 Å².